The summed E-state index contributed by atoms with van der Waals surface area (Å²) in [5, 5.41) is 38.7. The molecule has 6 rings (SSSR count). The average Bonchev–Trinajstić information content (AvgIpc) is 3.04. The third-order valence-electron chi connectivity index (χ3n) is 7.90. The Kier molecular flexibility index (Phi) is 8.37. The van der Waals surface area contributed by atoms with Gasteiger partial charge in [-0.3, -0.25) is 9.11 Å². The van der Waals surface area contributed by atoms with Gasteiger partial charge in [0.1, 0.15) is 21.2 Å². The van der Waals surface area contributed by atoms with Crippen LogP contribution in [0.15, 0.2) is 121 Å². The van der Waals surface area contributed by atoms with E-state index in [-0.39, 0.29) is 50.1 Å². The third-order valence-corrected chi connectivity index (χ3v) is 9.70. The molecule has 0 unspecified atom stereocenters. The van der Waals surface area contributed by atoms with Crippen LogP contribution >= 0.6 is 0 Å². The van der Waals surface area contributed by atoms with Gasteiger partial charge in [0, 0.05) is 21.8 Å². The first kappa shape index (κ1) is 33.2. The van der Waals surface area contributed by atoms with Gasteiger partial charge >= 0.3 is 0 Å². The van der Waals surface area contributed by atoms with Crippen molar-refractivity contribution in [2.45, 2.75) is 23.6 Å². The molecule has 0 saturated heterocycles. The highest BCUT2D eigenvalue weighted by Gasteiger charge is 2.20. The summed E-state index contributed by atoms with van der Waals surface area (Å²) in [6, 6.07) is 23.3. The van der Waals surface area contributed by atoms with Crippen LogP contribution in [0.3, 0.4) is 0 Å². The van der Waals surface area contributed by atoms with Gasteiger partial charge in [-0.1, -0.05) is 42.5 Å². The molecule has 0 fully saturated rings. The molecule has 0 aromatic heterocycles. The lowest BCUT2D eigenvalue weighted by Crippen LogP contribution is -2.00. The molecule has 0 saturated carbocycles. The molecule has 0 spiro atoms. The predicted molar refractivity (Wildman–Crippen MR) is 185 cm³/mol. The predicted octanol–water partition coefficient (Wildman–Crippen LogP) is 8.59. The quantitative estimate of drug-likeness (QED) is 0.0610. The Bertz CT molecular complexity index is 2620. The number of rotatable bonds is 7. The molecule has 6 aromatic carbocycles. The van der Waals surface area contributed by atoms with Crippen molar-refractivity contribution in [3.63, 3.8) is 0 Å². The van der Waals surface area contributed by atoms with Crippen LogP contribution in [0.5, 0.6) is 11.5 Å². The number of anilines is 1. The fourth-order valence-electron chi connectivity index (χ4n) is 5.43. The molecular formula is C34H27N5O8S2. The molecule has 0 atom stereocenters. The van der Waals surface area contributed by atoms with Crippen molar-refractivity contribution in [2.24, 2.45) is 20.5 Å². The van der Waals surface area contributed by atoms with Crippen LogP contribution in [0.4, 0.5) is 28.4 Å². The summed E-state index contributed by atoms with van der Waals surface area (Å²) in [5.41, 5.74) is 10.2. The van der Waals surface area contributed by atoms with Crippen LogP contribution in [0, 0.1) is 13.8 Å². The molecule has 6 N–H and O–H groups in total. The Hall–Kier alpha value is -5.74. The van der Waals surface area contributed by atoms with Gasteiger partial charge in [0.2, 0.25) is 0 Å². The number of nitrogens with zero attached hydrogens (tertiary/aromatic N) is 4. The van der Waals surface area contributed by atoms with Crippen molar-refractivity contribution >= 4 is 70.2 Å². The van der Waals surface area contributed by atoms with E-state index >= 15 is 0 Å². The van der Waals surface area contributed by atoms with Crippen molar-refractivity contribution in [1.82, 2.24) is 0 Å². The minimum atomic E-state index is -4.61. The van der Waals surface area contributed by atoms with Crippen LogP contribution in [0.2, 0.25) is 0 Å². The number of hydrogen-bond acceptors (Lipinski definition) is 11. The standard InChI is InChI=1S/C34H27N5O8S2/c1-18-15-20(7-11-26(18)36-38-28-13-9-24-30(48(42,43)44)14-10-25(35)32(24)34(28)41)21-8-12-27(19(2)16-21)37-39-29-17-31(49(45,46)47)22-5-3-4-6-23(22)33(29)40/h3-17,40-41H,35H2,1-2H3,(H,42,43,44)(H,45,46,47). The number of hydrogen-bond donors (Lipinski definition) is 5. The number of phenols is 2. The number of benzene rings is 6. The van der Waals surface area contributed by atoms with E-state index in [4.69, 9.17) is 5.73 Å². The maximum absolute atomic E-state index is 12.0. The monoisotopic (exact) mass is 697 g/mol. The van der Waals surface area contributed by atoms with Crippen LogP contribution in [0.1, 0.15) is 11.1 Å². The van der Waals surface area contributed by atoms with Gasteiger partial charge in [-0.15, -0.1) is 10.2 Å². The molecule has 15 heteroatoms. The Morgan fingerprint density at radius 3 is 1.59 bits per heavy atom. The molecular weight excluding hydrogens is 671 g/mol. The largest absolute Gasteiger partial charge is 0.505 e. The van der Waals surface area contributed by atoms with Gasteiger partial charge in [0.25, 0.3) is 20.2 Å². The number of azo groups is 2. The van der Waals surface area contributed by atoms with Gasteiger partial charge in [0.15, 0.2) is 11.5 Å². The maximum Gasteiger partial charge on any atom is 0.295 e. The molecule has 0 aliphatic carbocycles. The molecule has 6 aromatic rings. The van der Waals surface area contributed by atoms with Crippen molar-refractivity contribution in [1.29, 1.82) is 0 Å². The number of aromatic hydroxyl groups is 2. The minimum absolute atomic E-state index is 0.0221. The number of nitrogens with two attached hydrogens (primary N) is 1. The number of fused-ring (bicyclic) bond motifs is 2. The molecule has 0 heterocycles. The number of phenolic OH excluding ortho intramolecular Hbond substituents is 2. The smallest absolute Gasteiger partial charge is 0.295 e. The van der Waals surface area contributed by atoms with Gasteiger partial charge in [0.05, 0.1) is 16.8 Å². The number of nitrogen functional groups attached to an aromatic ring is 1. The molecule has 0 radical (unpaired) electrons. The van der Waals surface area contributed by atoms with E-state index in [2.05, 4.69) is 20.5 Å². The van der Waals surface area contributed by atoms with Gasteiger partial charge < -0.3 is 15.9 Å². The van der Waals surface area contributed by atoms with E-state index in [1.165, 1.54) is 30.3 Å². The molecule has 0 aliphatic rings. The van der Waals surface area contributed by atoms with Gasteiger partial charge in [-0.2, -0.15) is 27.1 Å². The molecule has 13 nitrogen and oxygen atoms in total. The highest BCUT2D eigenvalue weighted by molar-refractivity contribution is 7.86. The fourth-order valence-corrected chi connectivity index (χ4v) is 6.84. The van der Waals surface area contributed by atoms with Crippen molar-refractivity contribution in [2.75, 3.05) is 5.73 Å². The first-order valence-electron chi connectivity index (χ1n) is 14.4. The molecule has 248 valence electrons. The second-order valence-corrected chi connectivity index (χ2v) is 13.9. The average molecular weight is 698 g/mol. The summed E-state index contributed by atoms with van der Waals surface area (Å²) in [6.07, 6.45) is 0. The first-order valence-corrected chi connectivity index (χ1v) is 17.3. The van der Waals surface area contributed by atoms with Crippen molar-refractivity contribution < 1.29 is 36.2 Å². The van der Waals surface area contributed by atoms with Gasteiger partial charge in [-0.05, 0) is 84.6 Å². The highest BCUT2D eigenvalue weighted by Crippen LogP contribution is 2.42. The summed E-state index contributed by atoms with van der Waals surface area (Å²) in [4.78, 5) is -0.792. The zero-order chi connectivity index (χ0) is 35.2. The maximum atomic E-state index is 12.0. The van der Waals surface area contributed by atoms with E-state index in [0.717, 1.165) is 34.4 Å². The second-order valence-electron chi connectivity index (χ2n) is 11.1. The Morgan fingerprint density at radius 1 is 0.531 bits per heavy atom. The van der Waals surface area contributed by atoms with E-state index in [9.17, 15) is 36.2 Å². The number of aryl methyl sites for hydroxylation is 2. The normalized spacial score (nSPS) is 12.5. The first-order chi connectivity index (χ1) is 23.1. The summed E-state index contributed by atoms with van der Waals surface area (Å²) in [7, 11) is -9.17. The van der Waals surface area contributed by atoms with E-state index in [1.807, 2.05) is 38.1 Å². The zero-order valence-corrected chi connectivity index (χ0v) is 27.4. The Labute approximate surface area is 280 Å². The van der Waals surface area contributed by atoms with E-state index < -0.39 is 30.0 Å². The summed E-state index contributed by atoms with van der Waals surface area (Å²) in [6.45, 7) is 3.65. The van der Waals surface area contributed by atoms with Crippen molar-refractivity contribution in [3.05, 3.63) is 102 Å². The van der Waals surface area contributed by atoms with E-state index in [0.29, 0.717) is 11.4 Å². The van der Waals surface area contributed by atoms with Crippen LogP contribution in [-0.2, 0) is 20.2 Å². The van der Waals surface area contributed by atoms with Crippen LogP contribution in [0.25, 0.3) is 32.7 Å². The summed E-state index contributed by atoms with van der Waals surface area (Å²) < 4.78 is 66.9. The topological polar surface area (TPSA) is 225 Å². The lowest BCUT2D eigenvalue weighted by molar-refractivity contribution is 0.478. The van der Waals surface area contributed by atoms with Crippen LogP contribution in [-0.4, -0.2) is 36.2 Å². The minimum Gasteiger partial charge on any atom is -0.505 e. The van der Waals surface area contributed by atoms with Gasteiger partial charge in [-0.25, -0.2) is 0 Å². The SMILES string of the molecule is Cc1cc(-c2ccc(N=Nc3ccc4c(S(=O)(=O)O)ccc(N)c4c3O)c(C)c2)ccc1N=Nc1cc(S(=O)(=O)O)c2ccccc2c1O. The van der Waals surface area contributed by atoms with Crippen LogP contribution < -0.4 is 5.73 Å². The molecule has 0 amide bonds. The molecule has 49 heavy (non-hydrogen) atoms. The Balaban J connectivity index is 1.26. The lowest BCUT2D eigenvalue weighted by Gasteiger charge is -2.10. The molecule has 0 aliphatic heterocycles. The zero-order valence-electron chi connectivity index (χ0n) is 25.8. The highest BCUT2D eigenvalue weighted by atomic mass is 32.2. The third kappa shape index (κ3) is 6.42. The fraction of sp³-hybridized carbons (Fsp3) is 0.0588. The van der Waals surface area contributed by atoms with Crippen molar-refractivity contribution in [3.8, 4) is 22.6 Å². The second kappa shape index (κ2) is 12.4. The van der Waals surface area contributed by atoms with E-state index in [1.54, 1.807) is 24.3 Å². The summed E-state index contributed by atoms with van der Waals surface area (Å²) in [5.74, 6) is -0.666. The lowest BCUT2D eigenvalue weighted by atomic mass is 10.0. The molecule has 0 bridgehead atoms. The summed E-state index contributed by atoms with van der Waals surface area (Å²) >= 11 is 0. The Morgan fingerprint density at radius 2 is 1.04 bits per heavy atom.